The fraction of sp³-hybridized carbons (Fsp3) is 0.294. The number of anilines is 1. The predicted octanol–water partition coefficient (Wildman–Crippen LogP) is 0.523. The molecule has 0 aromatic heterocycles. The van der Waals surface area contributed by atoms with Crippen molar-refractivity contribution in [2.75, 3.05) is 25.1 Å². The van der Waals surface area contributed by atoms with Crippen LogP contribution in [0, 0.1) is 5.41 Å². The molecule has 4 amide bonds. The minimum absolute atomic E-state index is 0.0770. The van der Waals surface area contributed by atoms with Crippen molar-refractivity contribution in [2.24, 2.45) is 5.73 Å². The maximum Gasteiger partial charge on any atom is 0.332 e. The van der Waals surface area contributed by atoms with E-state index >= 15 is 0 Å². The Labute approximate surface area is 156 Å². The van der Waals surface area contributed by atoms with Crippen LogP contribution in [0.2, 0.25) is 0 Å². The van der Waals surface area contributed by atoms with Gasteiger partial charge in [-0.15, -0.1) is 0 Å². The van der Waals surface area contributed by atoms with Gasteiger partial charge < -0.3 is 16.4 Å². The Morgan fingerprint density at radius 1 is 1.37 bits per heavy atom. The minimum atomic E-state index is -0.857. The molecule has 1 heterocycles. The summed E-state index contributed by atoms with van der Waals surface area (Å²) in [5.74, 6) is -1.44. The summed E-state index contributed by atoms with van der Waals surface area (Å²) in [6, 6.07) is 5.62. The lowest BCUT2D eigenvalue weighted by Gasteiger charge is -2.20. The highest BCUT2D eigenvalue weighted by Gasteiger charge is 2.36. The highest BCUT2D eigenvalue weighted by molar-refractivity contribution is 6.29. The average molecular weight is 374 g/mol. The molecule has 1 aliphatic heterocycles. The molecule has 0 aliphatic carbocycles. The summed E-state index contributed by atoms with van der Waals surface area (Å²) in [6.45, 7) is 4.24. The zero-order valence-electron chi connectivity index (χ0n) is 15.3. The van der Waals surface area contributed by atoms with Gasteiger partial charge in [0.05, 0.1) is 12.3 Å². The van der Waals surface area contributed by atoms with E-state index in [0.29, 0.717) is 17.8 Å². The Balaban J connectivity index is 2.44. The van der Waals surface area contributed by atoms with Crippen LogP contribution in [0.25, 0.3) is 0 Å². The number of nitrogens with zero attached hydrogens (tertiary/aromatic N) is 2. The zero-order chi connectivity index (χ0) is 20.1. The van der Waals surface area contributed by atoms with Crippen LogP contribution in [-0.4, -0.2) is 48.9 Å². The molecular formula is C17H22N6O4. The number of primary amides is 1. The first kappa shape index (κ1) is 19.9. The second-order valence-corrected chi connectivity index (χ2v) is 5.53. The van der Waals surface area contributed by atoms with Crippen molar-refractivity contribution in [1.82, 2.24) is 15.7 Å². The second-order valence-electron chi connectivity index (χ2n) is 5.53. The molecule has 0 radical (unpaired) electrons. The van der Waals surface area contributed by atoms with Gasteiger partial charge >= 0.3 is 6.03 Å². The van der Waals surface area contributed by atoms with Gasteiger partial charge in [-0.3, -0.25) is 19.8 Å². The number of likely N-dealkylation sites (N-methyl/N-ethyl adjacent to an activating group) is 1. The summed E-state index contributed by atoms with van der Waals surface area (Å²) in [7, 11) is 1.45. The topological polar surface area (TPSA) is 141 Å². The number of amidine groups is 1. The highest BCUT2D eigenvalue weighted by atomic mass is 16.7. The summed E-state index contributed by atoms with van der Waals surface area (Å²) < 4.78 is 0. The fourth-order valence-electron chi connectivity index (χ4n) is 2.60. The van der Waals surface area contributed by atoms with Crippen LogP contribution >= 0.6 is 0 Å². The molecule has 10 nitrogen and oxygen atoms in total. The van der Waals surface area contributed by atoms with Crippen LogP contribution in [0.5, 0.6) is 0 Å². The summed E-state index contributed by atoms with van der Waals surface area (Å²) >= 11 is 0. The number of rotatable bonds is 7. The predicted molar refractivity (Wildman–Crippen MR) is 98.8 cm³/mol. The van der Waals surface area contributed by atoms with Gasteiger partial charge in [-0.2, -0.15) is 0 Å². The largest absolute Gasteiger partial charge is 0.364 e. The smallest absolute Gasteiger partial charge is 0.332 e. The molecule has 2 rings (SSSR count). The normalized spacial score (nSPS) is 15.4. The lowest BCUT2D eigenvalue weighted by atomic mass is 10.1. The Morgan fingerprint density at radius 3 is 2.67 bits per heavy atom. The molecule has 1 saturated heterocycles. The molecule has 0 bridgehead atoms. The van der Waals surface area contributed by atoms with E-state index in [2.05, 4.69) is 10.6 Å². The molecule has 0 unspecified atom stereocenters. The summed E-state index contributed by atoms with van der Waals surface area (Å²) in [5, 5.41) is 14.6. The fourth-order valence-corrected chi connectivity index (χ4v) is 2.60. The van der Waals surface area contributed by atoms with Crippen LogP contribution in [0.1, 0.15) is 24.2 Å². The number of carbonyl (C=O) groups excluding carboxylic acids is 3. The Hall–Kier alpha value is -3.40. The standard InChI is InChI=1S/C17H22N6O4/c1-4-20-16(25)10-7-6-8-11(9-10)23-14(18)12(21-17(23)26)13(15(19)24)22(3)27-5-2/h6-9,18H,4-5H2,1-3H3,(H2,19,24)(H,20,25)(H,21,26)/b13-12+,18-14?. The number of carbonyl (C=O) groups is 3. The van der Waals surface area contributed by atoms with Crippen LogP contribution in [0.15, 0.2) is 35.7 Å². The lowest BCUT2D eigenvalue weighted by Crippen LogP contribution is -2.33. The van der Waals surface area contributed by atoms with Crippen molar-refractivity contribution in [3.8, 4) is 0 Å². The van der Waals surface area contributed by atoms with Crippen molar-refractivity contribution in [3.05, 3.63) is 41.2 Å². The van der Waals surface area contributed by atoms with Gasteiger partial charge in [-0.05, 0) is 32.0 Å². The van der Waals surface area contributed by atoms with Gasteiger partial charge in [0, 0.05) is 19.2 Å². The van der Waals surface area contributed by atoms with Crippen molar-refractivity contribution in [1.29, 1.82) is 5.41 Å². The Morgan fingerprint density at radius 2 is 2.07 bits per heavy atom. The van der Waals surface area contributed by atoms with E-state index in [1.54, 1.807) is 32.0 Å². The van der Waals surface area contributed by atoms with Crippen LogP contribution < -0.4 is 21.3 Å². The van der Waals surface area contributed by atoms with Gasteiger partial charge in [0.1, 0.15) is 5.70 Å². The molecule has 1 fully saturated rings. The Bertz CT molecular complexity index is 819. The van der Waals surface area contributed by atoms with Crippen molar-refractivity contribution in [2.45, 2.75) is 13.8 Å². The second kappa shape index (κ2) is 8.32. The molecule has 1 aromatic rings. The van der Waals surface area contributed by atoms with Crippen molar-refractivity contribution >= 4 is 29.4 Å². The van der Waals surface area contributed by atoms with E-state index in [1.807, 2.05) is 0 Å². The molecule has 5 N–H and O–H groups in total. The monoisotopic (exact) mass is 374 g/mol. The van der Waals surface area contributed by atoms with Crippen molar-refractivity contribution in [3.63, 3.8) is 0 Å². The number of benzene rings is 1. The van der Waals surface area contributed by atoms with Gasteiger partial charge in [0.2, 0.25) is 0 Å². The third kappa shape index (κ3) is 4.06. The highest BCUT2D eigenvalue weighted by Crippen LogP contribution is 2.24. The average Bonchev–Trinajstić information content (AvgIpc) is 2.89. The number of hydrogen-bond donors (Lipinski definition) is 4. The van der Waals surface area contributed by atoms with Gasteiger partial charge in [0.15, 0.2) is 11.5 Å². The van der Waals surface area contributed by atoms with Gasteiger partial charge in [-0.25, -0.2) is 14.8 Å². The summed E-state index contributed by atoms with van der Waals surface area (Å²) in [4.78, 5) is 42.6. The lowest BCUT2D eigenvalue weighted by molar-refractivity contribution is -0.133. The van der Waals surface area contributed by atoms with Crippen LogP contribution in [-0.2, 0) is 9.63 Å². The summed E-state index contributed by atoms with van der Waals surface area (Å²) in [5.41, 5.74) is 5.81. The molecule has 10 heteroatoms. The molecule has 0 spiro atoms. The number of nitrogens with one attached hydrogen (secondary N) is 3. The van der Waals surface area contributed by atoms with Gasteiger partial charge in [0.25, 0.3) is 11.8 Å². The molecule has 27 heavy (non-hydrogen) atoms. The minimum Gasteiger partial charge on any atom is -0.364 e. The first-order valence-electron chi connectivity index (χ1n) is 8.30. The summed E-state index contributed by atoms with van der Waals surface area (Å²) in [6.07, 6.45) is 0. The molecule has 1 aromatic carbocycles. The maximum absolute atomic E-state index is 12.4. The van der Waals surface area contributed by atoms with Crippen LogP contribution in [0.4, 0.5) is 10.5 Å². The number of amides is 4. The number of hydrogen-bond acceptors (Lipinski definition) is 6. The number of hydroxylamine groups is 2. The van der Waals surface area contributed by atoms with Crippen LogP contribution in [0.3, 0.4) is 0 Å². The molecule has 144 valence electrons. The third-order valence-electron chi connectivity index (χ3n) is 3.71. The van der Waals surface area contributed by atoms with E-state index in [9.17, 15) is 14.4 Å². The first-order chi connectivity index (χ1) is 12.8. The quantitative estimate of drug-likeness (QED) is 0.407. The molecular weight excluding hydrogens is 352 g/mol. The van der Waals surface area contributed by atoms with E-state index in [1.165, 1.54) is 13.1 Å². The Kier molecular flexibility index (Phi) is 6.14. The van der Waals surface area contributed by atoms with E-state index in [4.69, 9.17) is 16.0 Å². The first-order valence-corrected chi connectivity index (χ1v) is 8.30. The SMILES string of the molecule is CCNC(=O)c1cccc(N2C(=N)/C(=C(/C(N)=O)N(C)OCC)NC2=O)c1. The number of nitrogens with two attached hydrogens (primary N) is 1. The van der Waals surface area contributed by atoms with E-state index in [-0.39, 0.29) is 29.7 Å². The van der Waals surface area contributed by atoms with Gasteiger partial charge in [-0.1, -0.05) is 6.07 Å². The molecule has 1 aliphatic rings. The van der Waals surface area contributed by atoms with E-state index in [0.717, 1.165) is 9.96 Å². The third-order valence-corrected chi connectivity index (χ3v) is 3.71. The maximum atomic E-state index is 12.4. The van der Waals surface area contributed by atoms with E-state index < -0.39 is 11.9 Å². The zero-order valence-corrected chi connectivity index (χ0v) is 15.3. The van der Waals surface area contributed by atoms with Crippen molar-refractivity contribution < 1.29 is 19.2 Å². The molecule has 0 saturated carbocycles. The molecule has 0 atom stereocenters. The number of urea groups is 1.